The fourth-order valence-electron chi connectivity index (χ4n) is 1.48. The van der Waals surface area contributed by atoms with Crippen LogP contribution in [0, 0.1) is 0 Å². The molecule has 1 heterocycles. The summed E-state index contributed by atoms with van der Waals surface area (Å²) >= 11 is 0. The lowest BCUT2D eigenvalue weighted by molar-refractivity contribution is -0.119. The molecule has 1 aromatic heterocycles. The third-order valence-corrected chi connectivity index (χ3v) is 2.60. The second-order valence-corrected chi connectivity index (χ2v) is 4.98. The number of aryl methyl sites for hydroxylation is 2. The van der Waals surface area contributed by atoms with Crippen LogP contribution in [0.4, 0.5) is 0 Å². The largest absolute Gasteiger partial charge is 0.338 e. The van der Waals surface area contributed by atoms with Crippen LogP contribution in [0.5, 0.6) is 0 Å². The minimum atomic E-state index is -0.251. The summed E-state index contributed by atoms with van der Waals surface area (Å²) in [6.07, 6.45) is 6.22. The number of aromatic nitrogens is 2. The molecular formula is C12H21N3O. The Kier molecular flexibility index (Phi) is 4.24. The van der Waals surface area contributed by atoms with Crippen LogP contribution in [0.1, 0.15) is 38.9 Å². The Morgan fingerprint density at radius 3 is 2.69 bits per heavy atom. The van der Waals surface area contributed by atoms with Crippen molar-refractivity contribution in [2.24, 2.45) is 12.8 Å². The van der Waals surface area contributed by atoms with Crippen LogP contribution in [0.2, 0.25) is 0 Å². The molecule has 2 N–H and O–H groups in total. The van der Waals surface area contributed by atoms with Gasteiger partial charge in [0.2, 0.25) is 0 Å². The smallest absolute Gasteiger partial charge is 0.133 e. The number of ketones is 1. The average Bonchev–Trinajstić information content (AvgIpc) is 2.57. The van der Waals surface area contributed by atoms with Gasteiger partial charge in [-0.3, -0.25) is 4.79 Å². The highest BCUT2D eigenvalue weighted by Crippen LogP contribution is 2.09. The zero-order valence-corrected chi connectivity index (χ0v) is 10.4. The first-order chi connectivity index (χ1) is 7.38. The molecule has 0 aliphatic carbocycles. The molecule has 4 nitrogen and oxygen atoms in total. The highest BCUT2D eigenvalue weighted by molar-refractivity contribution is 5.78. The van der Waals surface area contributed by atoms with Crippen LogP contribution < -0.4 is 5.73 Å². The van der Waals surface area contributed by atoms with Crippen molar-refractivity contribution in [3.63, 3.8) is 0 Å². The van der Waals surface area contributed by atoms with Gasteiger partial charge in [-0.15, -0.1) is 0 Å². The van der Waals surface area contributed by atoms with Crippen LogP contribution in [0.25, 0.3) is 0 Å². The van der Waals surface area contributed by atoms with E-state index in [4.69, 9.17) is 5.73 Å². The molecule has 0 atom stereocenters. The van der Waals surface area contributed by atoms with Gasteiger partial charge in [0.15, 0.2) is 0 Å². The molecule has 0 spiro atoms. The first-order valence-corrected chi connectivity index (χ1v) is 5.65. The fourth-order valence-corrected chi connectivity index (χ4v) is 1.48. The number of imidazole rings is 1. The summed E-state index contributed by atoms with van der Waals surface area (Å²) in [5.74, 6) is 1.22. The van der Waals surface area contributed by atoms with E-state index in [0.29, 0.717) is 19.3 Å². The monoisotopic (exact) mass is 223 g/mol. The van der Waals surface area contributed by atoms with Gasteiger partial charge in [0, 0.05) is 44.2 Å². The van der Waals surface area contributed by atoms with Crippen molar-refractivity contribution in [3.05, 3.63) is 18.2 Å². The van der Waals surface area contributed by atoms with Crippen LogP contribution in [0.15, 0.2) is 12.4 Å². The van der Waals surface area contributed by atoms with Crippen LogP contribution in [0.3, 0.4) is 0 Å². The van der Waals surface area contributed by atoms with Gasteiger partial charge in [-0.05, 0) is 20.3 Å². The van der Waals surface area contributed by atoms with Gasteiger partial charge >= 0.3 is 0 Å². The Morgan fingerprint density at radius 2 is 2.19 bits per heavy atom. The van der Waals surface area contributed by atoms with Crippen LogP contribution in [-0.4, -0.2) is 20.9 Å². The average molecular weight is 223 g/mol. The zero-order valence-electron chi connectivity index (χ0n) is 10.4. The highest BCUT2D eigenvalue weighted by Gasteiger charge is 2.13. The number of carbonyl (C=O) groups excluding carboxylic acids is 1. The van der Waals surface area contributed by atoms with Crippen molar-refractivity contribution in [2.45, 2.75) is 45.1 Å². The van der Waals surface area contributed by atoms with Gasteiger partial charge in [0.05, 0.1) is 0 Å². The molecule has 0 aromatic carbocycles. The van der Waals surface area contributed by atoms with E-state index in [2.05, 4.69) is 4.98 Å². The molecule has 0 unspecified atom stereocenters. The van der Waals surface area contributed by atoms with E-state index < -0.39 is 0 Å². The maximum Gasteiger partial charge on any atom is 0.133 e. The molecule has 16 heavy (non-hydrogen) atoms. The summed E-state index contributed by atoms with van der Waals surface area (Å²) in [5.41, 5.74) is 5.58. The second-order valence-electron chi connectivity index (χ2n) is 4.98. The highest BCUT2D eigenvalue weighted by atomic mass is 16.1. The van der Waals surface area contributed by atoms with Crippen LogP contribution >= 0.6 is 0 Å². The van der Waals surface area contributed by atoms with Gasteiger partial charge in [0.25, 0.3) is 0 Å². The van der Waals surface area contributed by atoms with E-state index in [1.165, 1.54) is 0 Å². The Labute approximate surface area is 96.9 Å². The topological polar surface area (TPSA) is 60.9 Å². The summed E-state index contributed by atoms with van der Waals surface area (Å²) in [5, 5.41) is 0. The van der Waals surface area contributed by atoms with E-state index in [-0.39, 0.29) is 11.3 Å². The van der Waals surface area contributed by atoms with Crippen LogP contribution in [-0.2, 0) is 18.3 Å². The predicted molar refractivity (Wildman–Crippen MR) is 64.0 cm³/mol. The summed E-state index contributed by atoms with van der Waals surface area (Å²) in [7, 11) is 1.94. The molecule has 0 saturated carbocycles. The normalized spacial score (nSPS) is 11.8. The number of hydrogen-bond donors (Lipinski definition) is 1. The molecule has 0 fully saturated rings. The Balaban J connectivity index is 2.29. The molecule has 90 valence electrons. The van der Waals surface area contributed by atoms with Gasteiger partial charge in [-0.2, -0.15) is 0 Å². The molecular weight excluding hydrogens is 202 g/mol. The molecule has 1 aromatic rings. The summed E-state index contributed by atoms with van der Waals surface area (Å²) in [6, 6.07) is 0. The lowest BCUT2D eigenvalue weighted by Crippen LogP contribution is -2.32. The maximum absolute atomic E-state index is 11.6. The Hall–Kier alpha value is -1.16. The van der Waals surface area contributed by atoms with E-state index in [0.717, 1.165) is 12.2 Å². The molecule has 0 radical (unpaired) electrons. The number of hydrogen-bond acceptors (Lipinski definition) is 3. The molecule has 0 amide bonds. The van der Waals surface area contributed by atoms with E-state index in [9.17, 15) is 4.79 Å². The standard InChI is InChI=1S/C12H21N3O/c1-12(2,13)7-6-10(16)4-5-11-14-8-9-15(11)3/h8-9H,4-7,13H2,1-3H3. The first-order valence-electron chi connectivity index (χ1n) is 5.65. The number of carbonyl (C=O) groups is 1. The van der Waals surface area contributed by atoms with E-state index in [1.807, 2.05) is 31.7 Å². The Bertz CT molecular complexity index is 349. The minimum Gasteiger partial charge on any atom is -0.338 e. The van der Waals surface area contributed by atoms with Gasteiger partial charge in [-0.1, -0.05) is 0 Å². The number of nitrogens with zero attached hydrogens (tertiary/aromatic N) is 2. The first kappa shape index (κ1) is 12.9. The summed E-state index contributed by atoms with van der Waals surface area (Å²) in [6.45, 7) is 3.89. The fraction of sp³-hybridized carbons (Fsp3) is 0.667. The van der Waals surface area contributed by atoms with Crippen molar-refractivity contribution in [1.82, 2.24) is 9.55 Å². The molecule has 4 heteroatoms. The second kappa shape index (κ2) is 5.25. The third kappa shape index (κ3) is 4.57. The molecule has 0 bridgehead atoms. The number of rotatable bonds is 6. The molecule has 1 rings (SSSR count). The van der Waals surface area contributed by atoms with E-state index in [1.54, 1.807) is 6.20 Å². The lowest BCUT2D eigenvalue weighted by atomic mass is 9.97. The molecule has 0 aliphatic heterocycles. The molecule has 0 saturated heterocycles. The third-order valence-electron chi connectivity index (χ3n) is 2.60. The van der Waals surface area contributed by atoms with Crippen molar-refractivity contribution in [1.29, 1.82) is 0 Å². The zero-order chi connectivity index (χ0) is 12.2. The van der Waals surface area contributed by atoms with Gasteiger partial charge < -0.3 is 10.3 Å². The van der Waals surface area contributed by atoms with Crippen molar-refractivity contribution in [2.75, 3.05) is 0 Å². The predicted octanol–water partition coefficient (Wildman–Crippen LogP) is 1.44. The SMILES string of the molecule is Cn1ccnc1CCC(=O)CCC(C)(C)N. The number of nitrogens with two attached hydrogens (primary N) is 1. The Morgan fingerprint density at radius 1 is 1.50 bits per heavy atom. The van der Waals surface area contributed by atoms with Crippen molar-refractivity contribution < 1.29 is 4.79 Å². The minimum absolute atomic E-state index is 0.251. The summed E-state index contributed by atoms with van der Waals surface area (Å²) < 4.78 is 1.94. The van der Waals surface area contributed by atoms with Crippen molar-refractivity contribution in [3.8, 4) is 0 Å². The van der Waals surface area contributed by atoms with Gasteiger partial charge in [0.1, 0.15) is 11.6 Å². The molecule has 0 aliphatic rings. The quantitative estimate of drug-likeness (QED) is 0.793. The van der Waals surface area contributed by atoms with E-state index >= 15 is 0 Å². The maximum atomic E-state index is 11.6. The lowest BCUT2D eigenvalue weighted by Gasteiger charge is -2.17. The van der Waals surface area contributed by atoms with Crippen molar-refractivity contribution >= 4 is 5.78 Å². The number of Topliss-reactive ketones (excluding diaryl/α,β-unsaturated/α-hetero) is 1. The summed E-state index contributed by atoms with van der Waals surface area (Å²) in [4.78, 5) is 15.8. The van der Waals surface area contributed by atoms with Gasteiger partial charge in [-0.25, -0.2) is 4.98 Å².